The molecule has 5 aromatic rings. The summed E-state index contributed by atoms with van der Waals surface area (Å²) in [6.07, 6.45) is 6.75. The minimum Gasteiger partial charge on any atom is -0.292 e. The zero-order valence-corrected chi connectivity index (χ0v) is 27.7. The minimum atomic E-state index is -0.975. The Bertz CT molecular complexity index is 1940. The first-order valence-electron chi connectivity index (χ1n) is 15.7. The number of carbonyl (C=O) groups is 4. The van der Waals surface area contributed by atoms with Gasteiger partial charge in [-0.3, -0.25) is 19.2 Å². The van der Waals surface area contributed by atoms with E-state index in [1.165, 1.54) is 17.3 Å². The zero-order chi connectivity index (χ0) is 33.3. The molecule has 8 nitrogen and oxygen atoms in total. The summed E-state index contributed by atoms with van der Waals surface area (Å²) in [5.74, 6) is -0.980. The van der Waals surface area contributed by atoms with Crippen LogP contribution in [0.15, 0.2) is 114 Å². The summed E-state index contributed by atoms with van der Waals surface area (Å²) in [6, 6.07) is 28.5. The lowest BCUT2D eigenvalue weighted by atomic mass is 9.81. The van der Waals surface area contributed by atoms with E-state index in [9.17, 15) is 19.2 Å². The van der Waals surface area contributed by atoms with Crippen LogP contribution in [0.1, 0.15) is 72.9 Å². The smallest absolute Gasteiger partial charge is 0.229 e. The molecule has 48 heavy (non-hydrogen) atoms. The van der Waals surface area contributed by atoms with Crippen molar-refractivity contribution in [1.29, 1.82) is 0 Å². The number of hydrogen-bond donors (Lipinski definition) is 0. The third-order valence-corrected chi connectivity index (χ3v) is 9.91. The summed E-state index contributed by atoms with van der Waals surface area (Å²) in [7, 11) is 0. The Labute approximate surface area is 287 Å². The largest absolute Gasteiger partial charge is 0.292 e. The molecule has 10 heteroatoms. The van der Waals surface area contributed by atoms with Gasteiger partial charge in [0.2, 0.25) is 11.6 Å². The van der Waals surface area contributed by atoms with Crippen molar-refractivity contribution in [2.24, 2.45) is 5.92 Å². The van der Waals surface area contributed by atoms with Gasteiger partial charge in [-0.15, -0.1) is 0 Å². The van der Waals surface area contributed by atoms with Gasteiger partial charge in [-0.05, 0) is 47.9 Å². The number of aryl methyl sites for hydroxylation is 2. The average Bonchev–Trinajstić information content (AvgIpc) is 3.14. The molecule has 1 atom stereocenters. The van der Waals surface area contributed by atoms with Gasteiger partial charge < -0.3 is 0 Å². The van der Waals surface area contributed by atoms with Crippen LogP contribution in [0.25, 0.3) is 0 Å². The predicted molar refractivity (Wildman–Crippen MR) is 185 cm³/mol. The molecule has 0 saturated heterocycles. The highest BCUT2D eigenvalue weighted by molar-refractivity contribution is 7.98. The molecular weight excluding hydrogens is 641 g/mol. The normalized spacial score (nSPS) is 15.0. The number of benzene rings is 3. The van der Waals surface area contributed by atoms with Gasteiger partial charge in [0.25, 0.3) is 0 Å². The summed E-state index contributed by atoms with van der Waals surface area (Å²) >= 11 is 3.01. The molecule has 0 fully saturated rings. The number of Topliss-reactive ketones (excluding diaryl/α,β-unsaturated/α-hetero) is 4. The molecule has 240 valence electrons. The Kier molecular flexibility index (Phi) is 10.9. The van der Waals surface area contributed by atoms with Crippen molar-refractivity contribution in [2.45, 2.75) is 53.9 Å². The molecule has 0 N–H and O–H groups in total. The van der Waals surface area contributed by atoms with Gasteiger partial charge in [-0.25, -0.2) is 19.9 Å². The van der Waals surface area contributed by atoms with Crippen molar-refractivity contribution in [3.63, 3.8) is 0 Å². The minimum absolute atomic E-state index is 0.158. The van der Waals surface area contributed by atoms with E-state index in [-0.39, 0.29) is 17.3 Å². The topological polar surface area (TPSA) is 120 Å². The molecule has 0 amide bonds. The zero-order valence-electron chi connectivity index (χ0n) is 26.1. The van der Waals surface area contributed by atoms with Crippen molar-refractivity contribution in [3.8, 4) is 0 Å². The Balaban J connectivity index is 0.000000182. The fraction of sp³-hybridized carbons (Fsp3) is 0.211. The van der Waals surface area contributed by atoms with Gasteiger partial charge in [0.1, 0.15) is 11.4 Å². The standard InChI is InChI=1S/C23H18N2O3S.C15H14N2OS/c26-20(16-9-5-2-6-10-16)22(28)18-12-11-17-13-24-23(25-19(17)21(18)27)29-14-15-7-3-1-4-8-15;18-13-8-4-7-12-9-16-15(17-14(12)13)19-10-11-5-2-1-3-6-11/h1-10,13,18H,11-12,14H2;1-3,5-6,9H,4,7-8,10H2. The molecule has 1 unspecified atom stereocenters. The van der Waals surface area contributed by atoms with Crippen LogP contribution in [-0.2, 0) is 29.1 Å². The molecule has 7 rings (SSSR count). The second-order valence-corrected chi connectivity index (χ2v) is 13.3. The number of aromatic nitrogens is 4. The monoisotopic (exact) mass is 672 g/mol. The molecule has 0 saturated carbocycles. The first-order chi connectivity index (χ1) is 23.5. The Morgan fingerprint density at radius 2 is 1.17 bits per heavy atom. The average molecular weight is 673 g/mol. The Hall–Kier alpha value is -4.80. The van der Waals surface area contributed by atoms with E-state index in [2.05, 4.69) is 32.1 Å². The van der Waals surface area contributed by atoms with Gasteiger partial charge in [0.05, 0.1) is 5.92 Å². The third kappa shape index (κ3) is 8.18. The highest BCUT2D eigenvalue weighted by atomic mass is 32.2. The first kappa shape index (κ1) is 33.1. The van der Waals surface area contributed by atoms with Crippen LogP contribution >= 0.6 is 23.5 Å². The van der Waals surface area contributed by atoms with Gasteiger partial charge in [0, 0.05) is 35.9 Å². The summed E-state index contributed by atoms with van der Waals surface area (Å²) in [5.41, 5.74) is 5.30. The summed E-state index contributed by atoms with van der Waals surface area (Å²) in [4.78, 5) is 67.5. The summed E-state index contributed by atoms with van der Waals surface area (Å²) < 4.78 is 0. The van der Waals surface area contributed by atoms with E-state index in [4.69, 9.17) is 0 Å². The van der Waals surface area contributed by atoms with Crippen LogP contribution in [-0.4, -0.2) is 43.1 Å². The molecule has 2 aromatic heterocycles. The molecule has 0 bridgehead atoms. The van der Waals surface area contributed by atoms with E-state index >= 15 is 0 Å². The fourth-order valence-corrected chi connectivity index (χ4v) is 7.02. The van der Waals surface area contributed by atoms with Gasteiger partial charge in [-0.1, -0.05) is 115 Å². The van der Waals surface area contributed by atoms with Gasteiger partial charge in [-0.2, -0.15) is 0 Å². The van der Waals surface area contributed by atoms with Crippen LogP contribution in [0.3, 0.4) is 0 Å². The van der Waals surface area contributed by atoms with E-state index in [0.29, 0.717) is 46.6 Å². The lowest BCUT2D eigenvalue weighted by molar-refractivity contribution is -0.117. The number of ketones is 4. The molecule has 0 aliphatic heterocycles. The van der Waals surface area contributed by atoms with E-state index < -0.39 is 17.5 Å². The van der Waals surface area contributed by atoms with Crippen molar-refractivity contribution >= 4 is 46.7 Å². The van der Waals surface area contributed by atoms with Crippen LogP contribution in [0.2, 0.25) is 0 Å². The molecule has 2 heterocycles. The highest BCUT2D eigenvalue weighted by Crippen LogP contribution is 2.28. The van der Waals surface area contributed by atoms with Crippen molar-refractivity contribution < 1.29 is 19.2 Å². The number of rotatable bonds is 9. The first-order valence-corrected chi connectivity index (χ1v) is 17.7. The summed E-state index contributed by atoms with van der Waals surface area (Å²) in [5, 5.41) is 1.18. The Morgan fingerprint density at radius 1 is 0.646 bits per heavy atom. The number of nitrogens with zero attached hydrogens (tertiary/aromatic N) is 4. The number of carbonyl (C=O) groups excluding carboxylic acids is 4. The van der Waals surface area contributed by atoms with E-state index in [1.54, 1.807) is 48.3 Å². The van der Waals surface area contributed by atoms with Crippen molar-refractivity contribution in [3.05, 3.63) is 143 Å². The molecule has 2 aliphatic carbocycles. The second kappa shape index (κ2) is 15.9. The lowest BCUT2D eigenvalue weighted by Gasteiger charge is -2.21. The van der Waals surface area contributed by atoms with E-state index in [0.717, 1.165) is 35.3 Å². The van der Waals surface area contributed by atoms with Gasteiger partial charge in [0.15, 0.2) is 21.9 Å². The maximum absolute atomic E-state index is 12.9. The molecular formula is C38H32N4O4S2. The quantitative estimate of drug-likeness (QED) is 0.0520. The van der Waals surface area contributed by atoms with Crippen molar-refractivity contribution in [2.75, 3.05) is 0 Å². The van der Waals surface area contributed by atoms with Crippen LogP contribution in [0.4, 0.5) is 0 Å². The maximum Gasteiger partial charge on any atom is 0.229 e. The van der Waals surface area contributed by atoms with Gasteiger partial charge >= 0.3 is 0 Å². The maximum atomic E-state index is 12.9. The van der Waals surface area contributed by atoms with Crippen LogP contribution in [0.5, 0.6) is 0 Å². The lowest BCUT2D eigenvalue weighted by Crippen LogP contribution is -2.35. The SMILES string of the molecule is O=C(C(=O)C1CCc2cnc(SCc3ccccc3)nc2C1=O)c1ccccc1.O=C1CCCc2cnc(SCc3ccccc3)nc21. The molecule has 3 aromatic carbocycles. The third-order valence-electron chi connectivity index (χ3n) is 8.05. The summed E-state index contributed by atoms with van der Waals surface area (Å²) in [6.45, 7) is 0. The molecule has 2 aliphatic rings. The highest BCUT2D eigenvalue weighted by Gasteiger charge is 2.37. The van der Waals surface area contributed by atoms with Crippen LogP contribution in [0, 0.1) is 5.92 Å². The van der Waals surface area contributed by atoms with Crippen molar-refractivity contribution in [1.82, 2.24) is 19.9 Å². The van der Waals surface area contributed by atoms with E-state index in [1.807, 2.05) is 54.7 Å². The fourth-order valence-electron chi connectivity index (χ4n) is 5.48. The van der Waals surface area contributed by atoms with Crippen LogP contribution < -0.4 is 0 Å². The number of hydrogen-bond acceptors (Lipinski definition) is 10. The second-order valence-electron chi connectivity index (χ2n) is 11.4. The molecule has 0 spiro atoms. The molecule has 0 radical (unpaired) electrons. The number of thioether (sulfide) groups is 2. The Morgan fingerprint density at radius 3 is 1.75 bits per heavy atom. The predicted octanol–water partition coefficient (Wildman–Crippen LogP) is 7.25. The number of fused-ring (bicyclic) bond motifs is 2.